The van der Waals surface area contributed by atoms with Crippen LogP contribution in [0.2, 0.25) is 5.15 Å². The topological polar surface area (TPSA) is 78.2 Å². The van der Waals surface area contributed by atoms with Crippen molar-refractivity contribution in [2.75, 3.05) is 0 Å². The first-order chi connectivity index (χ1) is 8.97. The molecule has 1 heterocycles. The normalized spacial score (nSPS) is 10.3. The first-order valence-corrected chi connectivity index (χ1v) is 6.26. The average molecular weight is 345 g/mol. The SMILES string of the molecule is Cc1nc(Cl)cc(Oc2c(Br)cccc2[N+](=O)[O-])n1. The molecular weight excluding hydrogens is 337 g/mol. The highest BCUT2D eigenvalue weighted by Crippen LogP contribution is 2.37. The van der Waals surface area contributed by atoms with Gasteiger partial charge in [0, 0.05) is 12.1 Å². The van der Waals surface area contributed by atoms with Gasteiger partial charge < -0.3 is 4.74 Å². The van der Waals surface area contributed by atoms with Gasteiger partial charge >= 0.3 is 5.69 Å². The minimum atomic E-state index is -0.532. The molecule has 98 valence electrons. The Hall–Kier alpha value is -1.73. The zero-order chi connectivity index (χ0) is 14.0. The third-order valence-electron chi connectivity index (χ3n) is 2.13. The van der Waals surface area contributed by atoms with E-state index >= 15 is 0 Å². The maximum atomic E-state index is 10.9. The third-order valence-corrected chi connectivity index (χ3v) is 2.95. The summed E-state index contributed by atoms with van der Waals surface area (Å²) < 4.78 is 5.89. The van der Waals surface area contributed by atoms with Crippen LogP contribution in [0.25, 0.3) is 0 Å². The molecule has 0 unspecified atom stereocenters. The number of nitro benzene ring substituents is 1. The summed E-state index contributed by atoms with van der Waals surface area (Å²) in [6, 6.07) is 5.92. The van der Waals surface area contributed by atoms with Crippen molar-refractivity contribution >= 4 is 33.2 Å². The number of halogens is 2. The molecule has 6 nitrogen and oxygen atoms in total. The second-order valence-corrected chi connectivity index (χ2v) is 4.76. The molecule has 0 saturated carbocycles. The number of aryl methyl sites for hydroxylation is 1. The average Bonchev–Trinajstić information content (AvgIpc) is 2.30. The highest BCUT2D eigenvalue weighted by molar-refractivity contribution is 9.10. The lowest BCUT2D eigenvalue weighted by Gasteiger charge is -2.07. The lowest BCUT2D eigenvalue weighted by atomic mass is 10.3. The Bertz CT molecular complexity index is 631. The number of benzene rings is 1. The molecule has 0 amide bonds. The molecule has 0 bridgehead atoms. The van der Waals surface area contributed by atoms with E-state index in [1.807, 2.05) is 0 Å². The summed E-state index contributed by atoms with van der Waals surface area (Å²) in [7, 11) is 0. The number of nitrogens with zero attached hydrogens (tertiary/aromatic N) is 3. The fraction of sp³-hybridized carbons (Fsp3) is 0.0909. The molecule has 0 saturated heterocycles. The first-order valence-electron chi connectivity index (χ1n) is 5.09. The van der Waals surface area contributed by atoms with Gasteiger partial charge in [-0.3, -0.25) is 10.1 Å². The number of rotatable bonds is 3. The van der Waals surface area contributed by atoms with Crippen LogP contribution in [0.4, 0.5) is 5.69 Å². The van der Waals surface area contributed by atoms with Gasteiger partial charge in [-0.1, -0.05) is 17.7 Å². The quantitative estimate of drug-likeness (QED) is 0.479. The standard InChI is InChI=1S/C11H7BrClN3O3/c1-6-14-9(13)5-10(15-6)19-11-7(12)3-2-4-8(11)16(17)18/h2-5H,1H3. The Balaban J connectivity index is 2.45. The van der Waals surface area contributed by atoms with Gasteiger partial charge in [0.05, 0.1) is 9.40 Å². The lowest BCUT2D eigenvalue weighted by Crippen LogP contribution is -1.97. The molecule has 0 aliphatic rings. The maximum absolute atomic E-state index is 10.9. The largest absolute Gasteiger partial charge is 0.430 e. The number of aromatic nitrogens is 2. The van der Waals surface area contributed by atoms with Crippen molar-refractivity contribution in [3.05, 3.63) is 49.8 Å². The molecule has 0 radical (unpaired) electrons. The van der Waals surface area contributed by atoms with Crippen molar-refractivity contribution in [3.63, 3.8) is 0 Å². The smallest absolute Gasteiger partial charge is 0.312 e. The van der Waals surface area contributed by atoms with Crippen LogP contribution in [0.15, 0.2) is 28.7 Å². The van der Waals surface area contributed by atoms with Crippen LogP contribution < -0.4 is 4.74 Å². The molecule has 0 atom stereocenters. The van der Waals surface area contributed by atoms with E-state index < -0.39 is 4.92 Å². The zero-order valence-electron chi connectivity index (χ0n) is 9.63. The van der Waals surface area contributed by atoms with Crippen LogP contribution in [0.1, 0.15) is 5.82 Å². The van der Waals surface area contributed by atoms with Crippen LogP contribution >= 0.6 is 27.5 Å². The summed E-state index contributed by atoms with van der Waals surface area (Å²) >= 11 is 8.99. The van der Waals surface area contributed by atoms with Crippen molar-refractivity contribution < 1.29 is 9.66 Å². The minimum absolute atomic E-state index is 0.0710. The Labute approximate surface area is 121 Å². The van der Waals surface area contributed by atoms with Crippen LogP contribution in [0.3, 0.4) is 0 Å². The highest BCUT2D eigenvalue weighted by Gasteiger charge is 2.19. The predicted molar refractivity (Wildman–Crippen MR) is 72.6 cm³/mol. The van der Waals surface area contributed by atoms with Crippen molar-refractivity contribution in [1.82, 2.24) is 9.97 Å². The minimum Gasteiger partial charge on any atom is -0.430 e. The lowest BCUT2D eigenvalue weighted by molar-refractivity contribution is -0.385. The zero-order valence-corrected chi connectivity index (χ0v) is 12.0. The highest BCUT2D eigenvalue weighted by atomic mass is 79.9. The van der Waals surface area contributed by atoms with Gasteiger partial charge in [-0.2, -0.15) is 4.98 Å². The number of hydrogen-bond acceptors (Lipinski definition) is 5. The third kappa shape index (κ3) is 3.18. The molecule has 1 aromatic carbocycles. The predicted octanol–water partition coefficient (Wildman–Crippen LogP) is 3.90. The van der Waals surface area contributed by atoms with E-state index in [0.717, 1.165) is 0 Å². The second-order valence-electron chi connectivity index (χ2n) is 3.52. The number of nitro groups is 1. The Morgan fingerprint density at radius 2 is 2.16 bits per heavy atom. The van der Waals surface area contributed by atoms with Crippen LogP contribution in [-0.2, 0) is 0 Å². The Morgan fingerprint density at radius 3 is 2.79 bits per heavy atom. The number of para-hydroxylation sites is 1. The summed E-state index contributed by atoms with van der Waals surface area (Å²) in [5, 5.41) is 11.1. The molecule has 8 heteroatoms. The number of hydrogen-bond donors (Lipinski definition) is 0. The Morgan fingerprint density at radius 1 is 1.42 bits per heavy atom. The van der Waals surface area contributed by atoms with Gasteiger partial charge in [0.15, 0.2) is 0 Å². The van der Waals surface area contributed by atoms with Gasteiger partial charge in [-0.05, 0) is 28.9 Å². The fourth-order valence-electron chi connectivity index (χ4n) is 1.40. The molecule has 0 aliphatic heterocycles. The second kappa shape index (κ2) is 5.50. The summed E-state index contributed by atoms with van der Waals surface area (Å²) in [6.07, 6.45) is 0. The van der Waals surface area contributed by atoms with Gasteiger partial charge in [-0.25, -0.2) is 4.98 Å². The monoisotopic (exact) mass is 343 g/mol. The first kappa shape index (κ1) is 13.7. The van der Waals surface area contributed by atoms with Crippen LogP contribution in [0, 0.1) is 17.0 Å². The summed E-state index contributed by atoms with van der Waals surface area (Å²) in [6.45, 7) is 1.65. The van der Waals surface area contributed by atoms with Gasteiger partial charge in [-0.15, -0.1) is 0 Å². The molecule has 0 spiro atoms. The number of ether oxygens (including phenoxy) is 1. The van der Waals surface area contributed by atoms with E-state index in [9.17, 15) is 10.1 Å². The maximum Gasteiger partial charge on any atom is 0.312 e. The van der Waals surface area contributed by atoms with Crippen molar-refractivity contribution in [3.8, 4) is 11.6 Å². The van der Waals surface area contributed by atoms with E-state index in [-0.39, 0.29) is 22.5 Å². The van der Waals surface area contributed by atoms with E-state index in [1.165, 1.54) is 12.1 Å². The molecule has 0 aliphatic carbocycles. The Kier molecular flexibility index (Phi) is 3.96. The van der Waals surface area contributed by atoms with Gasteiger partial charge in [0.25, 0.3) is 0 Å². The summed E-state index contributed by atoms with van der Waals surface area (Å²) in [5.41, 5.74) is -0.165. The molecule has 0 N–H and O–H groups in total. The van der Waals surface area contributed by atoms with Crippen molar-refractivity contribution in [2.24, 2.45) is 0 Å². The molecule has 2 rings (SSSR count). The molecule has 0 fully saturated rings. The van der Waals surface area contributed by atoms with Gasteiger partial charge in [0.2, 0.25) is 11.6 Å². The molecule has 2 aromatic rings. The van der Waals surface area contributed by atoms with E-state index in [2.05, 4.69) is 25.9 Å². The van der Waals surface area contributed by atoms with Gasteiger partial charge in [0.1, 0.15) is 11.0 Å². The summed E-state index contributed by atoms with van der Waals surface area (Å²) in [5.74, 6) is 0.631. The van der Waals surface area contributed by atoms with Crippen molar-refractivity contribution in [2.45, 2.75) is 6.92 Å². The van der Waals surface area contributed by atoms with E-state index in [0.29, 0.717) is 10.3 Å². The van der Waals surface area contributed by atoms with E-state index in [4.69, 9.17) is 16.3 Å². The summed E-state index contributed by atoms with van der Waals surface area (Å²) in [4.78, 5) is 18.3. The molecular formula is C11H7BrClN3O3. The molecule has 1 aromatic heterocycles. The van der Waals surface area contributed by atoms with Crippen LogP contribution in [-0.4, -0.2) is 14.9 Å². The molecule has 19 heavy (non-hydrogen) atoms. The van der Waals surface area contributed by atoms with Crippen molar-refractivity contribution in [1.29, 1.82) is 0 Å². The van der Waals surface area contributed by atoms with Crippen LogP contribution in [0.5, 0.6) is 11.6 Å². The van der Waals surface area contributed by atoms with E-state index in [1.54, 1.807) is 19.1 Å². The fourth-order valence-corrected chi connectivity index (χ4v) is 2.06.